The summed E-state index contributed by atoms with van der Waals surface area (Å²) in [4.78, 5) is 12.4. The highest BCUT2D eigenvalue weighted by molar-refractivity contribution is 7.13. The first-order valence-corrected chi connectivity index (χ1v) is 8.21. The van der Waals surface area contributed by atoms with Crippen LogP contribution < -0.4 is 5.32 Å². The Morgan fingerprint density at radius 3 is 2.86 bits per heavy atom. The molecule has 1 amide bonds. The average molecular weight is 308 g/mol. The molecule has 3 nitrogen and oxygen atoms in total. The number of nitrogens with zero attached hydrogens (tertiary/aromatic N) is 1. The Kier molecular flexibility index (Phi) is 3.19. The van der Waals surface area contributed by atoms with Gasteiger partial charge in [-0.2, -0.15) is 4.37 Å². The normalized spacial score (nSPS) is 20.0. The molecule has 2 atom stereocenters. The van der Waals surface area contributed by atoms with E-state index >= 15 is 0 Å². The minimum Gasteiger partial charge on any atom is -0.326 e. The van der Waals surface area contributed by atoms with Crippen molar-refractivity contribution in [2.24, 2.45) is 5.92 Å². The highest BCUT2D eigenvalue weighted by Gasteiger charge is 2.43. The second kappa shape index (κ2) is 5.21. The second-order valence-electron chi connectivity index (χ2n) is 5.83. The van der Waals surface area contributed by atoms with Crippen LogP contribution in [0.5, 0.6) is 0 Å². The molecule has 1 aliphatic carbocycles. The molecule has 1 N–H and O–H groups in total. The van der Waals surface area contributed by atoms with Gasteiger partial charge in [0.1, 0.15) is 0 Å². The Morgan fingerprint density at radius 1 is 1.23 bits per heavy atom. The van der Waals surface area contributed by atoms with Gasteiger partial charge in [0.05, 0.1) is 10.4 Å². The molecule has 0 aliphatic heterocycles. The fourth-order valence-electron chi connectivity index (χ4n) is 2.93. The Hall–Kier alpha value is -2.20. The minimum absolute atomic E-state index is 0.0984. The van der Waals surface area contributed by atoms with Gasteiger partial charge >= 0.3 is 0 Å². The molecule has 0 radical (unpaired) electrons. The molecule has 1 fully saturated rings. The van der Waals surface area contributed by atoms with Crippen molar-refractivity contribution in [3.05, 3.63) is 59.8 Å². The molecular formula is C18H16N2OS. The third kappa shape index (κ3) is 2.40. The molecule has 4 heteroatoms. The van der Waals surface area contributed by atoms with Gasteiger partial charge in [-0.25, -0.2) is 0 Å². The third-order valence-electron chi connectivity index (χ3n) is 4.27. The Balaban J connectivity index is 1.48. The quantitative estimate of drug-likeness (QED) is 0.781. The Labute approximate surface area is 133 Å². The molecule has 1 heterocycles. The lowest BCUT2D eigenvalue weighted by Gasteiger charge is -2.05. The number of hydrogen-bond donors (Lipinski definition) is 1. The van der Waals surface area contributed by atoms with Crippen molar-refractivity contribution in [2.75, 3.05) is 5.32 Å². The Morgan fingerprint density at radius 2 is 2.05 bits per heavy atom. The third-order valence-corrected chi connectivity index (χ3v) is 5.17. The number of nitrogens with one attached hydrogen (secondary N) is 1. The van der Waals surface area contributed by atoms with Crippen LogP contribution in [0.3, 0.4) is 0 Å². The lowest BCUT2D eigenvalue weighted by atomic mass is 10.1. The van der Waals surface area contributed by atoms with Gasteiger partial charge in [-0.05, 0) is 54.6 Å². The molecule has 0 saturated heterocycles. The summed E-state index contributed by atoms with van der Waals surface area (Å²) in [6, 6.07) is 16.3. The summed E-state index contributed by atoms with van der Waals surface area (Å²) >= 11 is 1.48. The summed E-state index contributed by atoms with van der Waals surface area (Å²) in [7, 11) is 0. The second-order valence-corrected chi connectivity index (χ2v) is 6.63. The van der Waals surface area contributed by atoms with Gasteiger partial charge < -0.3 is 5.32 Å². The van der Waals surface area contributed by atoms with Gasteiger partial charge in [-0.3, -0.25) is 4.79 Å². The highest BCUT2D eigenvalue weighted by Crippen LogP contribution is 2.47. The number of anilines is 1. The van der Waals surface area contributed by atoms with Crippen LogP contribution in [0.1, 0.15) is 23.6 Å². The lowest BCUT2D eigenvalue weighted by molar-refractivity contribution is -0.117. The molecule has 22 heavy (non-hydrogen) atoms. The van der Waals surface area contributed by atoms with E-state index in [-0.39, 0.29) is 11.8 Å². The standard InChI is InChI=1S/C18H16N2OS/c1-11-14-8-7-13(9-17(14)22-20-11)19-18(21)16-10-15(16)12-5-3-2-4-6-12/h2-9,15-16H,10H2,1H3,(H,19,21)/t15?,16-/m1/s1. The van der Waals surface area contributed by atoms with Crippen molar-refractivity contribution < 1.29 is 4.79 Å². The minimum atomic E-state index is 0.0984. The molecule has 1 saturated carbocycles. The Bertz CT molecular complexity index is 841. The number of carbonyl (C=O) groups excluding carboxylic acids is 1. The van der Waals surface area contributed by atoms with E-state index in [0.29, 0.717) is 5.92 Å². The zero-order valence-corrected chi connectivity index (χ0v) is 13.1. The van der Waals surface area contributed by atoms with Crippen molar-refractivity contribution in [2.45, 2.75) is 19.3 Å². The number of aryl methyl sites for hydroxylation is 1. The molecule has 1 aromatic heterocycles. The van der Waals surface area contributed by atoms with Gasteiger partial charge in [0.25, 0.3) is 0 Å². The maximum atomic E-state index is 12.4. The van der Waals surface area contributed by atoms with E-state index in [1.165, 1.54) is 17.1 Å². The van der Waals surface area contributed by atoms with Crippen molar-refractivity contribution in [1.29, 1.82) is 0 Å². The zero-order valence-electron chi connectivity index (χ0n) is 12.2. The lowest BCUT2D eigenvalue weighted by Crippen LogP contribution is -2.14. The molecule has 2 aromatic carbocycles. The van der Waals surface area contributed by atoms with Crippen LogP contribution >= 0.6 is 11.5 Å². The van der Waals surface area contributed by atoms with Gasteiger partial charge in [0, 0.05) is 17.0 Å². The van der Waals surface area contributed by atoms with Gasteiger partial charge in [-0.1, -0.05) is 30.3 Å². The molecule has 110 valence electrons. The van der Waals surface area contributed by atoms with E-state index in [9.17, 15) is 4.79 Å². The average Bonchev–Trinajstić information content (AvgIpc) is 3.27. The first kappa shape index (κ1) is 13.5. The highest BCUT2D eigenvalue weighted by atomic mass is 32.1. The summed E-state index contributed by atoms with van der Waals surface area (Å²) < 4.78 is 5.46. The van der Waals surface area contributed by atoms with Crippen LogP contribution in [0, 0.1) is 12.8 Å². The van der Waals surface area contributed by atoms with E-state index in [1.54, 1.807) is 0 Å². The number of amides is 1. The summed E-state index contributed by atoms with van der Waals surface area (Å²) in [6.45, 7) is 2.01. The first-order chi connectivity index (χ1) is 10.7. The predicted molar refractivity (Wildman–Crippen MR) is 90.3 cm³/mol. The van der Waals surface area contributed by atoms with Crippen molar-refractivity contribution >= 4 is 33.2 Å². The van der Waals surface area contributed by atoms with E-state index in [1.807, 2.05) is 43.3 Å². The van der Waals surface area contributed by atoms with Crippen LogP contribution in [0.25, 0.3) is 10.1 Å². The SMILES string of the molecule is Cc1nsc2cc(NC(=O)[C@@H]3CC3c3ccccc3)ccc12. The van der Waals surface area contributed by atoms with E-state index in [0.717, 1.165) is 27.9 Å². The zero-order chi connectivity index (χ0) is 15.1. The molecule has 0 bridgehead atoms. The van der Waals surface area contributed by atoms with Crippen molar-refractivity contribution in [3.63, 3.8) is 0 Å². The van der Waals surface area contributed by atoms with Gasteiger partial charge in [0.2, 0.25) is 5.91 Å². The van der Waals surface area contributed by atoms with E-state index in [4.69, 9.17) is 0 Å². The molecule has 1 unspecified atom stereocenters. The maximum Gasteiger partial charge on any atom is 0.228 e. The molecular weight excluding hydrogens is 292 g/mol. The molecule has 1 aliphatic rings. The van der Waals surface area contributed by atoms with E-state index < -0.39 is 0 Å². The largest absolute Gasteiger partial charge is 0.326 e. The molecule has 4 rings (SSSR count). The fourth-order valence-corrected chi connectivity index (χ4v) is 3.76. The van der Waals surface area contributed by atoms with Gasteiger partial charge in [-0.15, -0.1) is 0 Å². The fraction of sp³-hybridized carbons (Fsp3) is 0.222. The summed E-state index contributed by atoms with van der Waals surface area (Å²) in [5.74, 6) is 0.589. The summed E-state index contributed by atoms with van der Waals surface area (Å²) in [5, 5.41) is 4.21. The van der Waals surface area contributed by atoms with Crippen molar-refractivity contribution in [1.82, 2.24) is 4.37 Å². The summed E-state index contributed by atoms with van der Waals surface area (Å²) in [6.07, 6.45) is 0.942. The van der Waals surface area contributed by atoms with Crippen LogP contribution in [0.15, 0.2) is 48.5 Å². The number of fused-ring (bicyclic) bond motifs is 1. The van der Waals surface area contributed by atoms with E-state index in [2.05, 4.69) is 21.8 Å². The number of rotatable bonds is 3. The van der Waals surface area contributed by atoms with Crippen LogP contribution in [0.2, 0.25) is 0 Å². The smallest absolute Gasteiger partial charge is 0.228 e. The number of benzene rings is 2. The topological polar surface area (TPSA) is 42.0 Å². The predicted octanol–water partition coefficient (Wildman–Crippen LogP) is 4.35. The maximum absolute atomic E-state index is 12.4. The number of hydrogen-bond acceptors (Lipinski definition) is 3. The van der Waals surface area contributed by atoms with Gasteiger partial charge in [0.15, 0.2) is 0 Å². The first-order valence-electron chi connectivity index (χ1n) is 7.44. The van der Waals surface area contributed by atoms with Crippen molar-refractivity contribution in [3.8, 4) is 0 Å². The monoisotopic (exact) mass is 308 g/mol. The molecule has 0 spiro atoms. The van der Waals surface area contributed by atoms with Crippen LogP contribution in [-0.4, -0.2) is 10.3 Å². The van der Waals surface area contributed by atoms with Crippen LogP contribution in [-0.2, 0) is 4.79 Å². The summed E-state index contributed by atoms with van der Waals surface area (Å²) in [5.41, 5.74) is 3.17. The number of carbonyl (C=O) groups is 1. The number of aromatic nitrogens is 1. The molecule has 3 aromatic rings. The van der Waals surface area contributed by atoms with Crippen LogP contribution in [0.4, 0.5) is 5.69 Å².